The Bertz CT molecular complexity index is 1810. The number of furan rings is 1. The first kappa shape index (κ1) is 23.4. The molecule has 0 fully saturated rings. The van der Waals surface area contributed by atoms with E-state index in [-0.39, 0.29) is 5.56 Å². The number of nitrogens with zero attached hydrogens (tertiary/aromatic N) is 3. The lowest BCUT2D eigenvalue weighted by atomic mass is 10.1. The fourth-order valence-electron chi connectivity index (χ4n) is 4.21. The lowest BCUT2D eigenvalue weighted by Crippen LogP contribution is -2.21. The second-order valence-electron chi connectivity index (χ2n) is 8.43. The highest BCUT2D eigenvalue weighted by atomic mass is 32.1. The molecule has 186 valence electrons. The minimum Gasteiger partial charge on any atom is -0.497 e. The number of aromatic nitrogens is 3. The molecule has 0 saturated heterocycles. The first-order valence-corrected chi connectivity index (χ1v) is 12.7. The monoisotopic (exact) mass is 518 g/mol. The summed E-state index contributed by atoms with van der Waals surface area (Å²) in [6.07, 6.45) is 1.59. The van der Waals surface area contributed by atoms with Crippen LogP contribution in [0.15, 0.2) is 113 Å². The number of nitrogens with one attached hydrogen (secondary N) is 1. The Morgan fingerprint density at radius 1 is 0.947 bits per heavy atom. The molecule has 1 N–H and O–H groups in total. The number of anilines is 1. The fraction of sp³-hybridized carbons (Fsp3) is 0.0333. The second kappa shape index (κ2) is 9.84. The molecule has 38 heavy (non-hydrogen) atoms. The minimum atomic E-state index is -0.169. The Balaban J connectivity index is 1.59. The molecule has 3 aromatic carbocycles. The van der Waals surface area contributed by atoms with Gasteiger partial charge in [0.1, 0.15) is 16.4 Å². The summed E-state index contributed by atoms with van der Waals surface area (Å²) >= 11 is 1.40. The minimum absolute atomic E-state index is 0.169. The van der Waals surface area contributed by atoms with Crippen molar-refractivity contribution in [3.05, 3.63) is 120 Å². The van der Waals surface area contributed by atoms with E-state index in [9.17, 15) is 4.79 Å². The van der Waals surface area contributed by atoms with E-state index in [0.717, 1.165) is 10.4 Å². The van der Waals surface area contributed by atoms with Crippen LogP contribution in [0.5, 0.6) is 5.75 Å². The maximum absolute atomic E-state index is 13.9. The van der Waals surface area contributed by atoms with E-state index in [0.29, 0.717) is 50.4 Å². The SMILES string of the molecule is C=C(Nc1nc(-c2ccccc2)c(-c2nc3ccccc3c(=O)n2-c2ccc(OC)cc2)s1)c1ccco1. The van der Waals surface area contributed by atoms with Crippen LogP contribution in [0.25, 0.3) is 44.2 Å². The molecule has 0 bridgehead atoms. The highest BCUT2D eigenvalue weighted by Gasteiger charge is 2.22. The van der Waals surface area contributed by atoms with Crippen LogP contribution in [-0.2, 0) is 0 Å². The summed E-state index contributed by atoms with van der Waals surface area (Å²) in [5.41, 5.74) is 3.30. The van der Waals surface area contributed by atoms with Gasteiger partial charge >= 0.3 is 0 Å². The number of benzene rings is 3. The van der Waals surface area contributed by atoms with Crippen molar-refractivity contribution < 1.29 is 9.15 Å². The Labute approximate surface area is 222 Å². The maximum atomic E-state index is 13.9. The highest BCUT2D eigenvalue weighted by Crippen LogP contribution is 2.40. The molecule has 0 amide bonds. The molecule has 0 aliphatic heterocycles. The topological polar surface area (TPSA) is 82.2 Å². The summed E-state index contributed by atoms with van der Waals surface area (Å²) in [4.78, 5) is 24.5. The van der Waals surface area contributed by atoms with Gasteiger partial charge < -0.3 is 14.5 Å². The van der Waals surface area contributed by atoms with Gasteiger partial charge in [-0.2, -0.15) is 0 Å². The zero-order valence-electron chi connectivity index (χ0n) is 20.4. The van der Waals surface area contributed by atoms with Crippen molar-refractivity contribution >= 4 is 33.1 Å². The van der Waals surface area contributed by atoms with Crippen molar-refractivity contribution in [1.29, 1.82) is 0 Å². The molecule has 8 heteroatoms. The van der Waals surface area contributed by atoms with Gasteiger partial charge in [-0.05, 0) is 48.5 Å². The van der Waals surface area contributed by atoms with E-state index >= 15 is 0 Å². The lowest BCUT2D eigenvalue weighted by molar-refractivity contribution is 0.414. The zero-order chi connectivity index (χ0) is 26.1. The number of para-hydroxylation sites is 1. The van der Waals surface area contributed by atoms with Gasteiger partial charge in [0.25, 0.3) is 5.56 Å². The third-order valence-electron chi connectivity index (χ3n) is 6.06. The van der Waals surface area contributed by atoms with Crippen molar-refractivity contribution in [1.82, 2.24) is 14.5 Å². The van der Waals surface area contributed by atoms with E-state index in [1.807, 2.05) is 78.9 Å². The fourth-order valence-corrected chi connectivity index (χ4v) is 5.21. The van der Waals surface area contributed by atoms with E-state index < -0.39 is 0 Å². The van der Waals surface area contributed by atoms with Crippen LogP contribution >= 0.6 is 11.3 Å². The summed E-state index contributed by atoms with van der Waals surface area (Å²) in [7, 11) is 1.61. The van der Waals surface area contributed by atoms with Crippen LogP contribution in [0, 0.1) is 0 Å². The van der Waals surface area contributed by atoms with Crippen LogP contribution in [-0.4, -0.2) is 21.6 Å². The molecule has 6 aromatic rings. The summed E-state index contributed by atoms with van der Waals surface area (Å²) in [6, 6.07) is 28.2. The van der Waals surface area contributed by atoms with Crippen LogP contribution in [0.1, 0.15) is 5.76 Å². The summed E-state index contributed by atoms with van der Waals surface area (Å²) in [5, 5.41) is 4.39. The molecule has 0 atom stereocenters. The number of ether oxygens (including phenoxy) is 1. The van der Waals surface area contributed by atoms with E-state index in [2.05, 4.69) is 11.9 Å². The molecule has 3 aromatic heterocycles. The Kier molecular flexibility index (Phi) is 6.07. The number of hydrogen-bond donors (Lipinski definition) is 1. The molecule has 6 rings (SSSR count). The smallest absolute Gasteiger partial charge is 0.266 e. The van der Waals surface area contributed by atoms with Crippen LogP contribution in [0.4, 0.5) is 5.13 Å². The van der Waals surface area contributed by atoms with Crippen molar-refractivity contribution in [2.75, 3.05) is 12.4 Å². The standard InChI is InChI=1S/C30H22N4O3S/c1-19(25-13-8-18-37-25)31-30-33-26(20-9-4-3-5-10-20)27(38-30)28-32-24-12-7-6-11-23(24)29(35)34(28)21-14-16-22(36-2)17-15-21/h3-18H,1H2,2H3,(H,31,33). The summed E-state index contributed by atoms with van der Waals surface area (Å²) in [5.74, 6) is 1.80. The third kappa shape index (κ3) is 4.27. The molecule has 0 saturated carbocycles. The molecule has 0 radical (unpaired) electrons. The van der Waals surface area contributed by atoms with Gasteiger partial charge in [0, 0.05) is 5.56 Å². The van der Waals surface area contributed by atoms with Gasteiger partial charge in [0.05, 0.1) is 41.4 Å². The van der Waals surface area contributed by atoms with Gasteiger partial charge in [-0.3, -0.25) is 9.36 Å². The molecule has 0 unspecified atom stereocenters. The number of thiazole rings is 1. The quantitative estimate of drug-likeness (QED) is 0.249. The van der Waals surface area contributed by atoms with Gasteiger partial charge in [-0.15, -0.1) is 0 Å². The molecular weight excluding hydrogens is 496 g/mol. The van der Waals surface area contributed by atoms with Crippen molar-refractivity contribution in [3.63, 3.8) is 0 Å². The largest absolute Gasteiger partial charge is 0.497 e. The van der Waals surface area contributed by atoms with E-state index in [1.54, 1.807) is 30.1 Å². The van der Waals surface area contributed by atoms with Crippen molar-refractivity contribution in [2.45, 2.75) is 0 Å². The van der Waals surface area contributed by atoms with Gasteiger partial charge in [-0.25, -0.2) is 9.97 Å². The molecule has 0 aliphatic rings. The highest BCUT2D eigenvalue weighted by molar-refractivity contribution is 7.19. The van der Waals surface area contributed by atoms with Crippen LogP contribution in [0.2, 0.25) is 0 Å². The molecule has 7 nitrogen and oxygen atoms in total. The summed E-state index contributed by atoms with van der Waals surface area (Å²) in [6.45, 7) is 4.09. The number of hydrogen-bond acceptors (Lipinski definition) is 7. The van der Waals surface area contributed by atoms with Gasteiger partial charge in [0.2, 0.25) is 0 Å². The predicted molar refractivity (Wildman–Crippen MR) is 152 cm³/mol. The first-order valence-electron chi connectivity index (χ1n) is 11.8. The maximum Gasteiger partial charge on any atom is 0.266 e. The van der Waals surface area contributed by atoms with Crippen molar-refractivity contribution in [3.8, 4) is 33.4 Å². The average Bonchev–Trinajstić information content (AvgIpc) is 3.65. The van der Waals surface area contributed by atoms with Gasteiger partial charge in [0.15, 0.2) is 11.0 Å². The summed E-state index contributed by atoms with van der Waals surface area (Å²) < 4.78 is 12.4. The van der Waals surface area contributed by atoms with Crippen molar-refractivity contribution in [2.24, 2.45) is 0 Å². The molecule has 0 spiro atoms. The molecular formula is C30H22N4O3S. The first-order chi connectivity index (χ1) is 18.6. The van der Waals surface area contributed by atoms with Crippen LogP contribution in [0.3, 0.4) is 0 Å². The Hall–Kier alpha value is -4.95. The predicted octanol–water partition coefficient (Wildman–Crippen LogP) is 6.86. The Morgan fingerprint density at radius 2 is 1.71 bits per heavy atom. The number of rotatable bonds is 7. The van der Waals surface area contributed by atoms with E-state index in [1.165, 1.54) is 11.3 Å². The number of methoxy groups -OCH3 is 1. The normalized spacial score (nSPS) is 11.0. The van der Waals surface area contributed by atoms with Gasteiger partial charge in [-0.1, -0.05) is 60.4 Å². The molecule has 3 heterocycles. The second-order valence-corrected chi connectivity index (χ2v) is 9.43. The zero-order valence-corrected chi connectivity index (χ0v) is 21.2. The van der Waals surface area contributed by atoms with Crippen LogP contribution < -0.4 is 15.6 Å². The lowest BCUT2D eigenvalue weighted by Gasteiger charge is -2.14. The third-order valence-corrected chi connectivity index (χ3v) is 7.03. The number of fused-ring (bicyclic) bond motifs is 1. The average molecular weight is 519 g/mol. The van der Waals surface area contributed by atoms with E-state index in [4.69, 9.17) is 19.1 Å². The molecule has 0 aliphatic carbocycles. The Morgan fingerprint density at radius 3 is 2.45 bits per heavy atom.